The normalized spacial score (nSPS) is 11.3. The number of nitrogens with zero attached hydrogens (tertiary/aromatic N) is 3. The second kappa shape index (κ2) is 7.62. The van der Waals surface area contributed by atoms with E-state index >= 15 is 0 Å². The predicted molar refractivity (Wildman–Crippen MR) is 107 cm³/mol. The van der Waals surface area contributed by atoms with Gasteiger partial charge in [-0.1, -0.05) is 35.9 Å². The Morgan fingerprint density at radius 2 is 1.80 bits per heavy atom. The second-order valence-corrected chi connectivity index (χ2v) is 6.94. The molecule has 0 bridgehead atoms. The highest BCUT2D eigenvalue weighted by atomic mass is 19.3. The summed E-state index contributed by atoms with van der Waals surface area (Å²) in [6, 6.07) is 12.8. The van der Waals surface area contributed by atoms with Gasteiger partial charge < -0.3 is 5.32 Å². The lowest BCUT2D eigenvalue weighted by Gasteiger charge is -2.09. The predicted octanol–water partition coefficient (Wildman–Crippen LogP) is 5.34. The summed E-state index contributed by atoms with van der Waals surface area (Å²) in [5.74, 6) is -1.09. The molecule has 0 saturated carbocycles. The number of carbonyl (C=O) groups is 1. The lowest BCUT2D eigenvalue weighted by Crippen LogP contribution is -2.13. The Morgan fingerprint density at radius 1 is 1.07 bits per heavy atom. The average molecular weight is 410 g/mol. The van der Waals surface area contributed by atoms with Crippen molar-refractivity contribution >= 4 is 17.2 Å². The van der Waals surface area contributed by atoms with Crippen molar-refractivity contribution in [2.24, 2.45) is 0 Å². The summed E-state index contributed by atoms with van der Waals surface area (Å²) in [6.45, 7) is 3.52. The number of aryl methyl sites for hydroxylation is 2. The van der Waals surface area contributed by atoms with E-state index in [-0.39, 0.29) is 22.6 Å². The maximum atomic E-state index is 13.8. The summed E-state index contributed by atoms with van der Waals surface area (Å²) in [5.41, 5.74) is 2.26. The average Bonchev–Trinajstić information content (AvgIpc) is 3.14. The number of anilines is 1. The zero-order chi connectivity index (χ0) is 21.4. The van der Waals surface area contributed by atoms with Gasteiger partial charge in [-0.2, -0.15) is 5.10 Å². The molecular formula is C22H17F3N4O. The summed E-state index contributed by atoms with van der Waals surface area (Å²) in [7, 11) is 0. The largest absolute Gasteiger partial charge is 0.322 e. The second-order valence-electron chi connectivity index (χ2n) is 6.94. The molecule has 0 unspecified atom stereocenters. The van der Waals surface area contributed by atoms with Crippen molar-refractivity contribution in [1.82, 2.24) is 14.6 Å². The fourth-order valence-electron chi connectivity index (χ4n) is 3.04. The summed E-state index contributed by atoms with van der Waals surface area (Å²) < 4.78 is 42.1. The van der Waals surface area contributed by atoms with Crippen molar-refractivity contribution < 1.29 is 18.0 Å². The lowest BCUT2D eigenvalue weighted by atomic mass is 10.1. The molecule has 2 aromatic carbocycles. The van der Waals surface area contributed by atoms with Crippen LogP contribution in [0.25, 0.3) is 16.9 Å². The van der Waals surface area contributed by atoms with Crippen LogP contribution in [0.3, 0.4) is 0 Å². The Balaban J connectivity index is 1.79. The minimum atomic E-state index is -2.82. The first-order valence-electron chi connectivity index (χ1n) is 9.15. The summed E-state index contributed by atoms with van der Waals surface area (Å²) in [4.78, 5) is 17.1. The van der Waals surface area contributed by atoms with Crippen molar-refractivity contribution in [2.45, 2.75) is 20.3 Å². The number of amides is 1. The Hall–Kier alpha value is -3.68. The Bertz CT molecular complexity index is 1250. The van der Waals surface area contributed by atoms with Crippen LogP contribution in [0.2, 0.25) is 0 Å². The number of rotatable bonds is 4. The van der Waals surface area contributed by atoms with Crippen molar-refractivity contribution in [3.05, 3.63) is 82.9 Å². The van der Waals surface area contributed by atoms with Gasteiger partial charge in [0, 0.05) is 11.3 Å². The van der Waals surface area contributed by atoms with Crippen LogP contribution in [-0.4, -0.2) is 20.5 Å². The Labute approximate surface area is 170 Å². The van der Waals surface area contributed by atoms with Gasteiger partial charge in [-0.3, -0.25) is 4.79 Å². The van der Waals surface area contributed by atoms with Gasteiger partial charge in [0.1, 0.15) is 17.1 Å². The summed E-state index contributed by atoms with van der Waals surface area (Å²) in [5, 5.41) is 6.48. The van der Waals surface area contributed by atoms with Crippen LogP contribution in [0.5, 0.6) is 0 Å². The summed E-state index contributed by atoms with van der Waals surface area (Å²) in [6.07, 6.45) is -1.64. The number of benzene rings is 2. The van der Waals surface area contributed by atoms with E-state index in [1.54, 1.807) is 25.1 Å². The zero-order valence-electron chi connectivity index (χ0n) is 16.2. The third kappa shape index (κ3) is 3.63. The van der Waals surface area contributed by atoms with Gasteiger partial charge in [0.2, 0.25) is 0 Å². The molecule has 1 N–H and O–H groups in total. The van der Waals surface area contributed by atoms with E-state index in [0.29, 0.717) is 16.8 Å². The number of alkyl halides is 2. The van der Waals surface area contributed by atoms with Crippen molar-refractivity contribution in [1.29, 1.82) is 0 Å². The van der Waals surface area contributed by atoms with Crippen molar-refractivity contribution in [3.8, 4) is 11.3 Å². The fraction of sp³-hybridized carbons (Fsp3) is 0.136. The molecule has 0 atom stereocenters. The maximum absolute atomic E-state index is 13.8. The molecule has 8 heteroatoms. The molecule has 0 fully saturated rings. The standard InChI is InChI=1S/C22H17F3N4O/c1-12-3-6-14(7-4-12)18-10-19(20(24)25)29-21(28-18)16(11-26-29)22(30)27-15-8-5-13(2)17(23)9-15/h3-11,20H,1-2H3,(H,27,30). The van der Waals surface area contributed by atoms with Crippen LogP contribution in [0.4, 0.5) is 18.9 Å². The first kappa shape index (κ1) is 19.6. The van der Waals surface area contributed by atoms with Crippen molar-refractivity contribution in [2.75, 3.05) is 5.32 Å². The van der Waals surface area contributed by atoms with Gasteiger partial charge in [0.15, 0.2) is 5.65 Å². The fourth-order valence-corrected chi connectivity index (χ4v) is 3.04. The zero-order valence-corrected chi connectivity index (χ0v) is 16.2. The molecule has 152 valence electrons. The number of aromatic nitrogens is 3. The Kier molecular flexibility index (Phi) is 4.99. The molecule has 0 aliphatic heterocycles. The molecule has 5 nitrogen and oxygen atoms in total. The van der Waals surface area contributed by atoms with Gasteiger partial charge in [-0.15, -0.1) is 0 Å². The van der Waals surface area contributed by atoms with Gasteiger partial charge >= 0.3 is 0 Å². The number of hydrogen-bond donors (Lipinski definition) is 1. The quantitative estimate of drug-likeness (QED) is 0.494. The number of hydrogen-bond acceptors (Lipinski definition) is 3. The summed E-state index contributed by atoms with van der Waals surface area (Å²) >= 11 is 0. The molecule has 30 heavy (non-hydrogen) atoms. The SMILES string of the molecule is Cc1ccc(-c2cc(C(F)F)n3ncc(C(=O)Nc4ccc(C)c(F)c4)c3n2)cc1. The first-order chi connectivity index (χ1) is 14.3. The third-order valence-corrected chi connectivity index (χ3v) is 4.74. The van der Waals surface area contributed by atoms with Crippen molar-refractivity contribution in [3.63, 3.8) is 0 Å². The third-order valence-electron chi connectivity index (χ3n) is 4.74. The highest BCUT2D eigenvalue weighted by molar-refractivity contribution is 6.08. The van der Waals surface area contributed by atoms with E-state index in [4.69, 9.17) is 0 Å². The van der Waals surface area contributed by atoms with Gasteiger partial charge in [-0.05, 0) is 37.6 Å². The molecule has 0 radical (unpaired) electrons. The molecule has 2 aromatic heterocycles. The lowest BCUT2D eigenvalue weighted by molar-refractivity contribution is 0.102. The molecule has 0 aliphatic carbocycles. The number of carbonyl (C=O) groups excluding carboxylic acids is 1. The monoisotopic (exact) mass is 410 g/mol. The smallest absolute Gasteiger partial charge is 0.280 e. The minimum Gasteiger partial charge on any atom is -0.322 e. The molecule has 0 spiro atoms. The van der Waals surface area contributed by atoms with E-state index in [1.165, 1.54) is 24.4 Å². The van der Waals surface area contributed by atoms with Crippen LogP contribution in [0, 0.1) is 19.7 Å². The van der Waals surface area contributed by atoms with E-state index in [1.807, 2.05) is 19.1 Å². The molecular weight excluding hydrogens is 393 g/mol. The molecule has 4 rings (SSSR count). The molecule has 1 amide bonds. The maximum Gasteiger partial charge on any atom is 0.280 e. The highest BCUT2D eigenvalue weighted by Gasteiger charge is 2.21. The van der Waals surface area contributed by atoms with Crippen LogP contribution in [0.1, 0.15) is 33.6 Å². The molecule has 4 aromatic rings. The minimum absolute atomic E-state index is 0.00606. The Morgan fingerprint density at radius 3 is 2.47 bits per heavy atom. The van der Waals surface area contributed by atoms with Gasteiger partial charge in [0.25, 0.3) is 12.3 Å². The molecule has 0 saturated heterocycles. The number of nitrogens with one attached hydrogen (secondary N) is 1. The van der Waals surface area contributed by atoms with E-state index in [0.717, 1.165) is 10.1 Å². The van der Waals surface area contributed by atoms with Gasteiger partial charge in [-0.25, -0.2) is 22.7 Å². The van der Waals surface area contributed by atoms with Crippen LogP contribution < -0.4 is 5.32 Å². The topological polar surface area (TPSA) is 59.3 Å². The van der Waals surface area contributed by atoms with Crippen LogP contribution in [-0.2, 0) is 0 Å². The van der Waals surface area contributed by atoms with Gasteiger partial charge in [0.05, 0.1) is 11.9 Å². The highest BCUT2D eigenvalue weighted by Crippen LogP contribution is 2.27. The van der Waals surface area contributed by atoms with E-state index in [2.05, 4.69) is 15.4 Å². The van der Waals surface area contributed by atoms with E-state index < -0.39 is 18.1 Å². The number of fused-ring (bicyclic) bond motifs is 1. The molecule has 2 heterocycles. The van der Waals surface area contributed by atoms with Crippen LogP contribution in [0.15, 0.2) is 54.7 Å². The van der Waals surface area contributed by atoms with Crippen LogP contribution >= 0.6 is 0 Å². The molecule has 0 aliphatic rings. The first-order valence-corrected chi connectivity index (χ1v) is 9.15. The number of halogens is 3. The van der Waals surface area contributed by atoms with E-state index in [9.17, 15) is 18.0 Å².